The fourth-order valence-corrected chi connectivity index (χ4v) is 4.29. The first-order valence-corrected chi connectivity index (χ1v) is 11.1. The third-order valence-electron chi connectivity index (χ3n) is 6.25. The summed E-state index contributed by atoms with van der Waals surface area (Å²) in [6.07, 6.45) is 11.5. The Hall–Kier alpha value is -2.09. The molecule has 1 fully saturated rings. The van der Waals surface area contributed by atoms with Crippen LogP contribution in [-0.4, -0.2) is 5.97 Å². The highest BCUT2D eigenvalue weighted by atomic mass is 16.5. The SMILES string of the molecule is CCCc1ccc(OC(=O)c2ccc(CCC3CCC(CC)CC3)cc2)cc1. The highest BCUT2D eigenvalue weighted by Gasteiger charge is 2.19. The lowest BCUT2D eigenvalue weighted by Gasteiger charge is -2.27. The molecule has 28 heavy (non-hydrogen) atoms. The molecular weight excluding hydrogens is 344 g/mol. The summed E-state index contributed by atoms with van der Waals surface area (Å²) in [6, 6.07) is 15.8. The highest BCUT2D eigenvalue weighted by molar-refractivity contribution is 5.91. The summed E-state index contributed by atoms with van der Waals surface area (Å²) < 4.78 is 5.51. The summed E-state index contributed by atoms with van der Waals surface area (Å²) in [4.78, 5) is 12.4. The van der Waals surface area contributed by atoms with Gasteiger partial charge in [-0.25, -0.2) is 4.79 Å². The minimum atomic E-state index is -0.285. The van der Waals surface area contributed by atoms with Crippen molar-refractivity contribution >= 4 is 5.97 Å². The molecule has 0 spiro atoms. The van der Waals surface area contributed by atoms with Gasteiger partial charge in [0.2, 0.25) is 0 Å². The first kappa shape index (κ1) is 20.6. The zero-order valence-corrected chi connectivity index (χ0v) is 17.5. The average Bonchev–Trinajstić information content (AvgIpc) is 2.74. The van der Waals surface area contributed by atoms with Crippen LogP contribution in [0.5, 0.6) is 5.75 Å². The van der Waals surface area contributed by atoms with Crippen LogP contribution in [0.2, 0.25) is 0 Å². The Morgan fingerprint density at radius 3 is 2.00 bits per heavy atom. The number of hydrogen-bond acceptors (Lipinski definition) is 2. The summed E-state index contributed by atoms with van der Waals surface area (Å²) in [6.45, 7) is 4.48. The minimum Gasteiger partial charge on any atom is -0.423 e. The summed E-state index contributed by atoms with van der Waals surface area (Å²) in [5.41, 5.74) is 3.21. The molecule has 1 aliphatic rings. The number of esters is 1. The monoisotopic (exact) mass is 378 g/mol. The Kier molecular flexibility index (Phi) is 7.71. The molecule has 0 aliphatic heterocycles. The molecule has 1 aliphatic carbocycles. The normalized spacial score (nSPS) is 19.4. The lowest BCUT2D eigenvalue weighted by atomic mass is 9.78. The van der Waals surface area contributed by atoms with Crippen LogP contribution < -0.4 is 4.74 Å². The fraction of sp³-hybridized carbons (Fsp3) is 0.500. The van der Waals surface area contributed by atoms with E-state index >= 15 is 0 Å². The largest absolute Gasteiger partial charge is 0.423 e. The Bertz CT molecular complexity index is 722. The minimum absolute atomic E-state index is 0.285. The van der Waals surface area contributed by atoms with Gasteiger partial charge in [-0.3, -0.25) is 0 Å². The first-order valence-electron chi connectivity index (χ1n) is 11.1. The van der Waals surface area contributed by atoms with Crippen LogP contribution in [0.1, 0.15) is 80.3 Å². The third-order valence-corrected chi connectivity index (χ3v) is 6.25. The van der Waals surface area contributed by atoms with Crippen LogP contribution >= 0.6 is 0 Å². The lowest BCUT2D eigenvalue weighted by Crippen LogP contribution is -2.14. The maximum atomic E-state index is 12.4. The summed E-state index contributed by atoms with van der Waals surface area (Å²) >= 11 is 0. The van der Waals surface area contributed by atoms with Crippen LogP contribution in [-0.2, 0) is 12.8 Å². The van der Waals surface area contributed by atoms with Crippen molar-refractivity contribution in [1.29, 1.82) is 0 Å². The van der Waals surface area contributed by atoms with E-state index in [0.29, 0.717) is 11.3 Å². The van der Waals surface area contributed by atoms with Gasteiger partial charge in [-0.1, -0.05) is 76.6 Å². The molecule has 0 aromatic heterocycles. The molecule has 0 heterocycles. The topological polar surface area (TPSA) is 26.3 Å². The number of benzene rings is 2. The van der Waals surface area contributed by atoms with E-state index in [1.165, 1.54) is 49.7 Å². The molecule has 0 N–H and O–H groups in total. The number of carbonyl (C=O) groups excluding carboxylic acids is 1. The molecule has 0 radical (unpaired) electrons. The highest BCUT2D eigenvalue weighted by Crippen LogP contribution is 2.33. The quantitative estimate of drug-likeness (QED) is 0.365. The third kappa shape index (κ3) is 5.95. The Balaban J connectivity index is 1.47. The lowest BCUT2D eigenvalue weighted by molar-refractivity contribution is 0.0734. The van der Waals surface area contributed by atoms with E-state index in [0.717, 1.165) is 31.1 Å². The number of rotatable bonds is 8. The molecule has 0 saturated heterocycles. The molecule has 0 unspecified atom stereocenters. The molecule has 2 nitrogen and oxygen atoms in total. The van der Waals surface area contributed by atoms with Gasteiger partial charge in [0.15, 0.2) is 0 Å². The van der Waals surface area contributed by atoms with Gasteiger partial charge >= 0.3 is 5.97 Å². The maximum Gasteiger partial charge on any atom is 0.343 e. The molecule has 2 aromatic rings. The number of hydrogen-bond donors (Lipinski definition) is 0. The molecule has 0 amide bonds. The van der Waals surface area contributed by atoms with E-state index in [1.54, 1.807) is 0 Å². The van der Waals surface area contributed by atoms with Gasteiger partial charge in [0.25, 0.3) is 0 Å². The van der Waals surface area contributed by atoms with Gasteiger partial charge in [-0.15, -0.1) is 0 Å². The molecule has 1 saturated carbocycles. The average molecular weight is 379 g/mol. The Labute approximate surface area is 170 Å². The van der Waals surface area contributed by atoms with Gasteiger partial charge < -0.3 is 4.74 Å². The molecule has 0 bridgehead atoms. The van der Waals surface area contributed by atoms with Gasteiger partial charge in [0, 0.05) is 0 Å². The second-order valence-electron chi connectivity index (χ2n) is 8.31. The van der Waals surface area contributed by atoms with Gasteiger partial charge in [-0.2, -0.15) is 0 Å². The summed E-state index contributed by atoms with van der Waals surface area (Å²) in [5.74, 6) is 2.16. The second-order valence-corrected chi connectivity index (χ2v) is 8.31. The fourth-order valence-electron chi connectivity index (χ4n) is 4.29. The molecule has 0 atom stereocenters. The second kappa shape index (κ2) is 10.5. The van der Waals surface area contributed by atoms with E-state index < -0.39 is 0 Å². The van der Waals surface area contributed by atoms with Gasteiger partial charge in [0.1, 0.15) is 5.75 Å². The van der Waals surface area contributed by atoms with E-state index in [4.69, 9.17) is 4.74 Å². The van der Waals surface area contributed by atoms with Crippen LogP contribution in [0.4, 0.5) is 0 Å². The summed E-state index contributed by atoms with van der Waals surface area (Å²) in [5, 5.41) is 0. The smallest absolute Gasteiger partial charge is 0.343 e. The van der Waals surface area contributed by atoms with Crippen molar-refractivity contribution in [2.75, 3.05) is 0 Å². The molecule has 3 rings (SSSR count). The van der Waals surface area contributed by atoms with Crippen molar-refractivity contribution in [2.24, 2.45) is 11.8 Å². The zero-order valence-electron chi connectivity index (χ0n) is 17.5. The Morgan fingerprint density at radius 1 is 0.821 bits per heavy atom. The van der Waals surface area contributed by atoms with E-state index in [2.05, 4.69) is 26.0 Å². The molecular formula is C26H34O2. The van der Waals surface area contributed by atoms with E-state index in [1.807, 2.05) is 36.4 Å². The Morgan fingerprint density at radius 2 is 1.39 bits per heavy atom. The zero-order chi connectivity index (χ0) is 19.8. The van der Waals surface area contributed by atoms with Crippen molar-refractivity contribution in [1.82, 2.24) is 0 Å². The van der Waals surface area contributed by atoms with Crippen LogP contribution in [0, 0.1) is 11.8 Å². The van der Waals surface area contributed by atoms with Crippen molar-refractivity contribution in [3.63, 3.8) is 0 Å². The van der Waals surface area contributed by atoms with Crippen molar-refractivity contribution in [3.8, 4) is 5.75 Å². The van der Waals surface area contributed by atoms with Crippen LogP contribution in [0.3, 0.4) is 0 Å². The van der Waals surface area contributed by atoms with Gasteiger partial charge in [-0.05, 0) is 66.5 Å². The maximum absolute atomic E-state index is 12.4. The standard InChI is InChI=1S/C26H34O2/c1-3-5-21-14-18-25(19-15-21)28-26(27)24-16-12-23(13-17-24)11-10-22-8-6-20(4-2)7-9-22/h12-20,22H,3-11H2,1-2H3. The summed E-state index contributed by atoms with van der Waals surface area (Å²) in [7, 11) is 0. The number of ether oxygens (including phenoxy) is 1. The van der Waals surface area contributed by atoms with Crippen LogP contribution in [0.15, 0.2) is 48.5 Å². The first-order chi connectivity index (χ1) is 13.7. The van der Waals surface area contributed by atoms with E-state index in [-0.39, 0.29) is 5.97 Å². The van der Waals surface area contributed by atoms with Crippen molar-refractivity contribution in [2.45, 2.75) is 71.6 Å². The van der Waals surface area contributed by atoms with E-state index in [9.17, 15) is 4.79 Å². The van der Waals surface area contributed by atoms with Gasteiger partial charge in [0.05, 0.1) is 5.56 Å². The molecule has 150 valence electrons. The van der Waals surface area contributed by atoms with Crippen LogP contribution in [0.25, 0.3) is 0 Å². The van der Waals surface area contributed by atoms with Crippen molar-refractivity contribution in [3.05, 3.63) is 65.2 Å². The molecule has 2 aromatic carbocycles. The number of carbonyl (C=O) groups is 1. The number of aryl methyl sites for hydroxylation is 2. The molecule has 2 heteroatoms. The predicted molar refractivity (Wildman–Crippen MR) is 116 cm³/mol. The predicted octanol–water partition coefficient (Wildman–Crippen LogP) is 7.01. The van der Waals surface area contributed by atoms with Crippen molar-refractivity contribution < 1.29 is 9.53 Å².